The molecule has 178 valence electrons. The average Bonchev–Trinajstić information content (AvgIpc) is 2.76. The van der Waals surface area contributed by atoms with Crippen molar-refractivity contribution in [2.45, 2.75) is 69.1 Å². The van der Waals surface area contributed by atoms with Crippen LogP contribution in [0.5, 0.6) is 0 Å². The summed E-state index contributed by atoms with van der Waals surface area (Å²) in [6, 6.07) is 3.61. The molecule has 0 amide bonds. The molecule has 0 saturated heterocycles. The van der Waals surface area contributed by atoms with Crippen molar-refractivity contribution in [1.82, 2.24) is 0 Å². The first kappa shape index (κ1) is 27.6. The van der Waals surface area contributed by atoms with Crippen LogP contribution in [0.4, 0.5) is 0 Å². The summed E-state index contributed by atoms with van der Waals surface area (Å²) in [5.74, 6) is -1.82. The third kappa shape index (κ3) is 10.2. The molecule has 1 N–H and O–H groups in total. The quantitative estimate of drug-likeness (QED) is 0.139. The van der Waals surface area contributed by atoms with E-state index in [4.69, 9.17) is 9.47 Å². The van der Waals surface area contributed by atoms with Gasteiger partial charge in [-0.25, -0.2) is 9.59 Å². The van der Waals surface area contributed by atoms with Crippen LogP contribution in [0, 0.1) is 0 Å². The smallest absolute Gasteiger partial charge is 0.340 e. The number of ether oxygens (including phenoxy) is 2. The molecule has 0 aliphatic carbocycles. The monoisotopic (exact) mass is 466 g/mol. The molecule has 0 fully saturated rings. The molecule has 0 atom stereocenters. The van der Waals surface area contributed by atoms with E-state index in [1.165, 1.54) is 12.1 Å². The Morgan fingerprint density at radius 2 is 1.31 bits per heavy atom. The molecule has 1 aromatic carbocycles. The zero-order chi connectivity index (χ0) is 23.8. The summed E-state index contributed by atoms with van der Waals surface area (Å²) in [5.41, 5.74) is -0.750. The summed E-state index contributed by atoms with van der Waals surface area (Å²) >= 11 is 0. The highest BCUT2D eigenvalue weighted by molar-refractivity contribution is 7.86. The van der Waals surface area contributed by atoms with Crippen LogP contribution >= 0.6 is 0 Å². The predicted octanol–water partition coefficient (Wildman–Crippen LogP) is 5.52. The normalized spacial score (nSPS) is 11.0. The van der Waals surface area contributed by atoms with E-state index in [-0.39, 0.29) is 18.8 Å². The molecule has 0 spiro atoms. The minimum atomic E-state index is -4.74. The number of allylic oxidation sites excluding steroid dienone is 2. The average molecular weight is 467 g/mol. The number of rotatable bonds is 17. The minimum absolute atomic E-state index is 0.0753. The van der Waals surface area contributed by atoms with Gasteiger partial charge in [-0.3, -0.25) is 4.55 Å². The molecule has 1 aromatic rings. The number of hydrogen-bond acceptors (Lipinski definition) is 6. The molecule has 0 aliphatic heterocycles. The van der Waals surface area contributed by atoms with Gasteiger partial charge >= 0.3 is 11.9 Å². The number of hydrogen-bond donors (Lipinski definition) is 1. The van der Waals surface area contributed by atoms with Crippen LogP contribution in [0.2, 0.25) is 0 Å². The van der Waals surface area contributed by atoms with Gasteiger partial charge in [0.25, 0.3) is 10.1 Å². The lowest BCUT2D eigenvalue weighted by molar-refractivity contribution is 0.0446. The maximum atomic E-state index is 12.6. The van der Waals surface area contributed by atoms with E-state index in [0.717, 1.165) is 57.4 Å². The molecule has 0 heterocycles. The number of carbonyl (C=O) groups excluding carboxylic acids is 2. The van der Waals surface area contributed by atoms with Crippen molar-refractivity contribution >= 4 is 22.1 Å². The Hall–Kier alpha value is -2.45. The first-order valence-corrected chi connectivity index (χ1v) is 12.4. The lowest BCUT2D eigenvalue weighted by atomic mass is 10.1. The van der Waals surface area contributed by atoms with Gasteiger partial charge in [-0.15, -0.1) is 13.2 Å². The number of esters is 2. The van der Waals surface area contributed by atoms with Crippen LogP contribution in [0.3, 0.4) is 0 Å². The van der Waals surface area contributed by atoms with Crippen molar-refractivity contribution in [3.8, 4) is 0 Å². The molecule has 1 rings (SSSR count). The lowest BCUT2D eigenvalue weighted by Gasteiger charge is -2.13. The van der Waals surface area contributed by atoms with Crippen molar-refractivity contribution in [3.63, 3.8) is 0 Å². The SMILES string of the molecule is C=CCCCCCCOC(=O)c1cccc(S(=O)(=O)O)c1C(=O)OCCCCCCC=C. The van der Waals surface area contributed by atoms with E-state index in [2.05, 4.69) is 13.2 Å². The molecule has 0 aromatic heterocycles. The van der Waals surface area contributed by atoms with Crippen molar-refractivity contribution in [2.24, 2.45) is 0 Å². The van der Waals surface area contributed by atoms with E-state index in [1.807, 2.05) is 12.2 Å². The van der Waals surface area contributed by atoms with Gasteiger partial charge in [0.05, 0.1) is 24.3 Å². The van der Waals surface area contributed by atoms with Crippen molar-refractivity contribution in [2.75, 3.05) is 13.2 Å². The molecule has 0 unspecified atom stereocenters. The number of carbonyl (C=O) groups is 2. The molecule has 0 aliphatic rings. The van der Waals surface area contributed by atoms with Gasteiger partial charge in [0, 0.05) is 0 Å². The Bertz CT molecular complexity index is 859. The summed E-state index contributed by atoms with van der Waals surface area (Å²) in [5, 5.41) is 0. The molecule has 32 heavy (non-hydrogen) atoms. The van der Waals surface area contributed by atoms with Crippen LogP contribution in [0.1, 0.15) is 84.9 Å². The molecular formula is C24H34O7S. The summed E-state index contributed by atoms with van der Waals surface area (Å²) < 4.78 is 43.5. The van der Waals surface area contributed by atoms with E-state index in [0.29, 0.717) is 12.8 Å². The Balaban J connectivity index is 2.78. The minimum Gasteiger partial charge on any atom is -0.462 e. The first-order valence-electron chi connectivity index (χ1n) is 11.0. The second-order valence-electron chi connectivity index (χ2n) is 7.41. The molecule has 8 heteroatoms. The van der Waals surface area contributed by atoms with Crippen LogP contribution in [0.15, 0.2) is 48.4 Å². The highest BCUT2D eigenvalue weighted by Crippen LogP contribution is 2.22. The topological polar surface area (TPSA) is 107 Å². The predicted molar refractivity (Wildman–Crippen MR) is 123 cm³/mol. The summed E-state index contributed by atoms with van der Waals surface area (Å²) in [7, 11) is -4.74. The summed E-state index contributed by atoms with van der Waals surface area (Å²) in [6.07, 6.45) is 12.4. The third-order valence-corrected chi connectivity index (χ3v) is 5.70. The second kappa shape index (κ2) is 15.4. The first-order chi connectivity index (χ1) is 15.3. The van der Waals surface area contributed by atoms with Gasteiger partial charge < -0.3 is 9.47 Å². The van der Waals surface area contributed by atoms with Crippen LogP contribution < -0.4 is 0 Å². The van der Waals surface area contributed by atoms with Crippen molar-refractivity contribution in [1.29, 1.82) is 0 Å². The fourth-order valence-electron chi connectivity index (χ4n) is 3.09. The van der Waals surface area contributed by atoms with Crippen LogP contribution in [-0.4, -0.2) is 38.1 Å². The summed E-state index contributed by atoms with van der Waals surface area (Å²) in [6.45, 7) is 7.54. The van der Waals surface area contributed by atoms with Crippen molar-refractivity contribution in [3.05, 3.63) is 54.6 Å². The second-order valence-corrected chi connectivity index (χ2v) is 8.80. The van der Waals surface area contributed by atoms with E-state index < -0.39 is 32.5 Å². The maximum absolute atomic E-state index is 12.6. The van der Waals surface area contributed by atoms with Crippen molar-refractivity contribution < 1.29 is 32.0 Å². The zero-order valence-electron chi connectivity index (χ0n) is 18.6. The molecular weight excluding hydrogens is 432 g/mol. The number of unbranched alkanes of at least 4 members (excludes halogenated alkanes) is 8. The zero-order valence-corrected chi connectivity index (χ0v) is 19.4. The highest BCUT2D eigenvalue weighted by atomic mass is 32.2. The maximum Gasteiger partial charge on any atom is 0.340 e. The number of benzene rings is 1. The molecule has 0 bridgehead atoms. The Kier molecular flexibility index (Phi) is 13.2. The van der Waals surface area contributed by atoms with Gasteiger partial charge in [0.15, 0.2) is 0 Å². The van der Waals surface area contributed by atoms with Gasteiger partial charge in [-0.1, -0.05) is 43.9 Å². The third-order valence-electron chi connectivity index (χ3n) is 4.80. The van der Waals surface area contributed by atoms with Gasteiger partial charge in [0.1, 0.15) is 4.90 Å². The van der Waals surface area contributed by atoms with Crippen LogP contribution in [-0.2, 0) is 19.6 Å². The largest absolute Gasteiger partial charge is 0.462 e. The van der Waals surface area contributed by atoms with Gasteiger partial charge in [-0.2, -0.15) is 8.42 Å². The fourth-order valence-corrected chi connectivity index (χ4v) is 3.80. The highest BCUT2D eigenvalue weighted by Gasteiger charge is 2.28. The fraction of sp³-hybridized carbons (Fsp3) is 0.500. The Labute approximate surface area is 191 Å². The van der Waals surface area contributed by atoms with Crippen LogP contribution in [0.25, 0.3) is 0 Å². The molecule has 0 saturated carbocycles. The van der Waals surface area contributed by atoms with E-state index in [1.54, 1.807) is 0 Å². The Morgan fingerprint density at radius 3 is 1.81 bits per heavy atom. The molecule has 0 radical (unpaired) electrons. The lowest BCUT2D eigenvalue weighted by Crippen LogP contribution is -2.19. The molecule has 7 nitrogen and oxygen atoms in total. The summed E-state index contributed by atoms with van der Waals surface area (Å²) in [4.78, 5) is 24.5. The van der Waals surface area contributed by atoms with Gasteiger partial charge in [-0.05, 0) is 50.7 Å². The standard InChI is InChI=1S/C24H34O7S/c1-3-5-7-9-11-13-18-30-23(25)20-16-15-17-21(32(27,28)29)22(20)24(26)31-19-14-12-10-8-6-4-2/h3-4,15-17H,1-2,5-14,18-19H2,(H,27,28,29). The van der Waals surface area contributed by atoms with Gasteiger partial charge in [0.2, 0.25) is 0 Å². The Morgan fingerprint density at radius 1 is 0.812 bits per heavy atom. The van der Waals surface area contributed by atoms with E-state index >= 15 is 0 Å². The van der Waals surface area contributed by atoms with E-state index in [9.17, 15) is 22.6 Å².